The second-order valence-corrected chi connectivity index (χ2v) is 6.87. The lowest BCUT2D eigenvalue weighted by atomic mass is 10.0. The van der Waals surface area contributed by atoms with E-state index in [1.54, 1.807) is 12.1 Å². The molecule has 2 aromatic rings. The van der Waals surface area contributed by atoms with E-state index < -0.39 is 0 Å². The van der Waals surface area contributed by atoms with Crippen molar-refractivity contribution in [2.75, 3.05) is 25.0 Å². The molecule has 166 valence electrons. The molecule has 0 spiro atoms. The smallest absolute Gasteiger partial charge is 0.291 e. The molecule has 0 aliphatic carbocycles. The van der Waals surface area contributed by atoms with Gasteiger partial charge in [0.15, 0.2) is 11.7 Å². The summed E-state index contributed by atoms with van der Waals surface area (Å²) in [6, 6.07) is 10.9. The van der Waals surface area contributed by atoms with Gasteiger partial charge in [0.05, 0.1) is 12.8 Å². The first kappa shape index (κ1) is 26.0. The van der Waals surface area contributed by atoms with Gasteiger partial charge in [0.25, 0.3) is 5.91 Å². The molecule has 0 fully saturated rings. The summed E-state index contributed by atoms with van der Waals surface area (Å²) in [6.07, 6.45) is 4.45. The number of rotatable bonds is 11. The molecule has 0 aliphatic heterocycles. The van der Waals surface area contributed by atoms with Gasteiger partial charge in [-0.3, -0.25) is 4.79 Å². The van der Waals surface area contributed by atoms with Crippen molar-refractivity contribution in [2.45, 2.75) is 39.7 Å². The van der Waals surface area contributed by atoms with Gasteiger partial charge in [-0.25, -0.2) is 4.99 Å². The number of carbonyl (C=O) groups excluding carboxylic acids is 1. The van der Waals surface area contributed by atoms with E-state index in [-0.39, 0.29) is 42.3 Å². The number of nitrogens with zero attached hydrogens (tertiary/aromatic N) is 1. The minimum atomic E-state index is -0.274. The molecule has 30 heavy (non-hydrogen) atoms. The Morgan fingerprint density at radius 3 is 2.50 bits per heavy atom. The van der Waals surface area contributed by atoms with Crippen molar-refractivity contribution in [2.24, 2.45) is 10.9 Å². The van der Waals surface area contributed by atoms with Crippen LogP contribution in [0.4, 0.5) is 5.69 Å². The number of carbonyl (C=O) groups is 1. The molecule has 8 heteroatoms. The Hall–Kier alpha value is -2.07. The topological polar surface area (TPSA) is 98.9 Å². The van der Waals surface area contributed by atoms with Gasteiger partial charge >= 0.3 is 0 Å². The van der Waals surface area contributed by atoms with Crippen LogP contribution in [0, 0.1) is 5.92 Å². The lowest BCUT2D eigenvalue weighted by Gasteiger charge is -2.18. The molecule has 0 bridgehead atoms. The molecule has 1 unspecified atom stereocenters. The number of furan rings is 1. The van der Waals surface area contributed by atoms with Gasteiger partial charge < -0.3 is 25.5 Å². The summed E-state index contributed by atoms with van der Waals surface area (Å²) in [4.78, 5) is 16.6. The lowest BCUT2D eigenvalue weighted by molar-refractivity contribution is 0.0996. The largest absolute Gasteiger partial charge is 0.459 e. The summed E-state index contributed by atoms with van der Waals surface area (Å²) >= 11 is 0. The number of halogens is 1. The summed E-state index contributed by atoms with van der Waals surface area (Å²) in [5.74, 6) is 1.21. The van der Waals surface area contributed by atoms with Crippen molar-refractivity contribution in [3.8, 4) is 0 Å². The zero-order valence-corrected chi connectivity index (χ0v) is 20.0. The molecule has 4 N–H and O–H groups in total. The molecular weight excluding hydrogens is 495 g/mol. The highest BCUT2D eigenvalue weighted by atomic mass is 127. The summed E-state index contributed by atoms with van der Waals surface area (Å²) in [5.41, 5.74) is 1.74. The van der Waals surface area contributed by atoms with Gasteiger partial charge in [-0.1, -0.05) is 25.5 Å². The first-order valence-corrected chi connectivity index (χ1v) is 10.2. The predicted molar refractivity (Wildman–Crippen MR) is 131 cm³/mol. The maximum absolute atomic E-state index is 12.0. The Morgan fingerprint density at radius 2 is 1.90 bits per heavy atom. The monoisotopic (exact) mass is 528 g/mol. The van der Waals surface area contributed by atoms with E-state index in [4.69, 9.17) is 4.42 Å². The SMILES string of the molecule is CCCC(CCO)CNC(=NCc1ccc(NC(=O)c2ccco2)cc1)NCC.I. The van der Waals surface area contributed by atoms with E-state index >= 15 is 0 Å². The van der Waals surface area contributed by atoms with Crippen LogP contribution in [-0.2, 0) is 6.54 Å². The number of amides is 1. The maximum Gasteiger partial charge on any atom is 0.291 e. The molecule has 1 aromatic heterocycles. The molecule has 1 heterocycles. The van der Waals surface area contributed by atoms with E-state index in [1.807, 2.05) is 31.2 Å². The highest BCUT2D eigenvalue weighted by Crippen LogP contribution is 2.13. The zero-order valence-electron chi connectivity index (χ0n) is 17.7. The summed E-state index contributed by atoms with van der Waals surface area (Å²) in [5, 5.41) is 18.6. The molecule has 0 radical (unpaired) electrons. The van der Waals surface area contributed by atoms with Crippen LogP contribution >= 0.6 is 24.0 Å². The molecule has 7 nitrogen and oxygen atoms in total. The van der Waals surface area contributed by atoms with Crippen LogP contribution in [0.3, 0.4) is 0 Å². The Balaban J connectivity index is 0.00000450. The molecule has 0 aliphatic rings. The Bertz CT molecular complexity index is 742. The number of guanidine groups is 1. The predicted octanol–water partition coefficient (Wildman–Crippen LogP) is 4.00. The average Bonchev–Trinajstić information content (AvgIpc) is 3.26. The van der Waals surface area contributed by atoms with Gasteiger partial charge in [-0.15, -0.1) is 24.0 Å². The van der Waals surface area contributed by atoms with E-state index in [0.717, 1.165) is 43.9 Å². The molecule has 1 aromatic carbocycles. The van der Waals surface area contributed by atoms with Crippen molar-refractivity contribution in [3.05, 3.63) is 54.0 Å². The second kappa shape index (κ2) is 14.8. The molecule has 1 atom stereocenters. The number of hydrogen-bond donors (Lipinski definition) is 4. The van der Waals surface area contributed by atoms with Gasteiger partial charge in [0.2, 0.25) is 0 Å². The number of aliphatic hydroxyl groups excluding tert-OH is 1. The highest BCUT2D eigenvalue weighted by Gasteiger charge is 2.09. The van der Waals surface area contributed by atoms with Crippen LogP contribution in [0.5, 0.6) is 0 Å². The normalized spacial score (nSPS) is 12.0. The van der Waals surface area contributed by atoms with E-state index in [2.05, 4.69) is 27.9 Å². The van der Waals surface area contributed by atoms with Crippen LogP contribution in [0.15, 0.2) is 52.1 Å². The van der Waals surface area contributed by atoms with Crippen molar-refractivity contribution in [1.29, 1.82) is 0 Å². The minimum absolute atomic E-state index is 0. The third-order valence-electron chi connectivity index (χ3n) is 4.51. The van der Waals surface area contributed by atoms with Crippen LogP contribution < -0.4 is 16.0 Å². The molecule has 1 amide bonds. The summed E-state index contributed by atoms with van der Waals surface area (Å²) in [7, 11) is 0. The van der Waals surface area contributed by atoms with E-state index in [9.17, 15) is 9.90 Å². The third-order valence-corrected chi connectivity index (χ3v) is 4.51. The molecule has 0 saturated heterocycles. The second-order valence-electron chi connectivity index (χ2n) is 6.87. The van der Waals surface area contributed by atoms with Gasteiger partial charge in [0, 0.05) is 25.4 Å². The first-order chi connectivity index (χ1) is 14.2. The Labute approximate surface area is 195 Å². The van der Waals surface area contributed by atoms with Crippen molar-refractivity contribution < 1.29 is 14.3 Å². The fourth-order valence-corrected chi connectivity index (χ4v) is 2.99. The molecule has 0 saturated carbocycles. The first-order valence-electron chi connectivity index (χ1n) is 10.2. The standard InChI is InChI=1S/C22H32N4O3.HI/c1-3-6-17(12-13-27)15-24-22(23-4-2)25-16-18-8-10-19(11-9-18)26-21(28)20-7-5-14-29-20;/h5,7-11,14,17,27H,3-4,6,12-13,15-16H2,1-2H3,(H,26,28)(H2,23,24,25);1H. The van der Waals surface area contributed by atoms with Crippen molar-refractivity contribution in [3.63, 3.8) is 0 Å². The van der Waals surface area contributed by atoms with Crippen LogP contribution in [0.25, 0.3) is 0 Å². The fourth-order valence-electron chi connectivity index (χ4n) is 2.99. The van der Waals surface area contributed by atoms with Crippen LogP contribution in [0.2, 0.25) is 0 Å². The van der Waals surface area contributed by atoms with Crippen molar-refractivity contribution >= 4 is 41.5 Å². The van der Waals surface area contributed by atoms with E-state index in [1.165, 1.54) is 6.26 Å². The average molecular weight is 528 g/mol. The fraction of sp³-hybridized carbons (Fsp3) is 0.455. The Morgan fingerprint density at radius 1 is 1.13 bits per heavy atom. The van der Waals surface area contributed by atoms with Crippen LogP contribution in [0.1, 0.15) is 49.2 Å². The molecular formula is C22H33IN4O3. The highest BCUT2D eigenvalue weighted by molar-refractivity contribution is 14.0. The zero-order chi connectivity index (χ0) is 20.9. The lowest BCUT2D eigenvalue weighted by Crippen LogP contribution is -2.40. The molecule has 2 rings (SSSR count). The summed E-state index contributed by atoms with van der Waals surface area (Å²) < 4.78 is 5.09. The minimum Gasteiger partial charge on any atom is -0.459 e. The number of hydrogen-bond acceptors (Lipinski definition) is 4. The quantitative estimate of drug-likeness (QED) is 0.201. The van der Waals surface area contributed by atoms with E-state index in [0.29, 0.717) is 18.2 Å². The number of aliphatic imine (C=N–C) groups is 1. The number of anilines is 1. The number of aliphatic hydroxyl groups is 1. The van der Waals surface area contributed by atoms with Gasteiger partial charge in [-0.05, 0) is 55.5 Å². The van der Waals surface area contributed by atoms with Gasteiger partial charge in [0.1, 0.15) is 0 Å². The van der Waals surface area contributed by atoms with Gasteiger partial charge in [-0.2, -0.15) is 0 Å². The van der Waals surface area contributed by atoms with Crippen molar-refractivity contribution in [1.82, 2.24) is 10.6 Å². The summed E-state index contributed by atoms with van der Waals surface area (Å²) in [6.45, 7) is 6.50. The number of benzene rings is 1. The maximum atomic E-state index is 12.0. The third kappa shape index (κ3) is 9.17. The number of nitrogens with one attached hydrogen (secondary N) is 3. The van der Waals surface area contributed by atoms with Crippen LogP contribution in [-0.4, -0.2) is 36.7 Å². The Kier molecular flexibility index (Phi) is 12.8.